The summed E-state index contributed by atoms with van der Waals surface area (Å²) in [5, 5.41) is 23.2. The molecule has 5 aromatic rings. The van der Waals surface area contributed by atoms with E-state index in [9.17, 15) is 24.3 Å². The van der Waals surface area contributed by atoms with E-state index >= 15 is 8.78 Å². The fourth-order valence-electron chi connectivity index (χ4n) is 11.5. The fourth-order valence-corrected chi connectivity index (χ4v) is 12.3. The number of aliphatic hydroxyl groups excluding tert-OH is 1. The lowest BCUT2D eigenvalue weighted by Crippen LogP contribution is -2.48. The zero-order valence-corrected chi connectivity index (χ0v) is 43.4. The SMILES string of the molecule is CC(=O)N1CCc2c(c(N3CCCc4cc(C(=O)N5CCC(Oc6cc([C@H](C(=O)N7C[C@H](O)C[C@H]7C(=O)N[C@@H](C)c7ccc(-c8scnc8C)cc7)C(C)C)on6)CC5)c(C(F)F)cc43)nn2C2CCOCC2)C1. The van der Waals surface area contributed by atoms with Gasteiger partial charge in [0.2, 0.25) is 17.7 Å². The van der Waals surface area contributed by atoms with Crippen LogP contribution in [0.4, 0.5) is 20.3 Å². The average molecular weight is 1040 g/mol. The maximum atomic E-state index is 15.1. The number of fused-ring (bicyclic) bond motifs is 2. The number of halogens is 2. The number of ether oxygens (including phenoxy) is 2. The van der Waals surface area contributed by atoms with Crippen molar-refractivity contribution in [3.8, 4) is 16.3 Å². The molecule has 0 saturated carbocycles. The number of nitrogens with zero attached hydrogens (tertiary/aromatic N) is 8. The second-order valence-electron chi connectivity index (χ2n) is 20.8. The number of rotatable bonds is 13. The van der Waals surface area contributed by atoms with Crippen LogP contribution < -0.4 is 15.0 Å². The summed E-state index contributed by atoms with van der Waals surface area (Å²) >= 11 is 1.57. The number of benzene rings is 2. The highest BCUT2D eigenvalue weighted by molar-refractivity contribution is 7.13. The van der Waals surface area contributed by atoms with Gasteiger partial charge in [-0.25, -0.2) is 13.8 Å². The Balaban J connectivity index is 0.786. The monoisotopic (exact) mass is 1040 g/mol. The van der Waals surface area contributed by atoms with E-state index in [1.807, 2.05) is 62.4 Å². The van der Waals surface area contributed by atoms with Gasteiger partial charge in [0.1, 0.15) is 18.1 Å². The first-order valence-electron chi connectivity index (χ1n) is 26.0. The molecule has 3 saturated heterocycles. The molecule has 10 rings (SSSR count). The third-order valence-electron chi connectivity index (χ3n) is 15.5. The second kappa shape index (κ2) is 21.5. The third kappa shape index (κ3) is 10.3. The number of carbonyl (C=O) groups is 4. The molecular formula is C54H65F2N9O8S. The van der Waals surface area contributed by atoms with Gasteiger partial charge in [0.25, 0.3) is 18.2 Å². The van der Waals surface area contributed by atoms with Crippen molar-refractivity contribution in [3.05, 3.63) is 92.9 Å². The van der Waals surface area contributed by atoms with E-state index in [0.29, 0.717) is 70.0 Å². The Morgan fingerprint density at radius 2 is 1.70 bits per heavy atom. The first-order chi connectivity index (χ1) is 35.6. The molecule has 3 fully saturated rings. The molecule has 4 amide bonds. The summed E-state index contributed by atoms with van der Waals surface area (Å²) in [7, 11) is 0. The number of β-amino-alcohol motifs (C(OH)–C–C–N with tert-alkyl or cyclic N) is 1. The molecule has 0 bridgehead atoms. The van der Waals surface area contributed by atoms with Gasteiger partial charge in [-0.15, -0.1) is 11.3 Å². The summed E-state index contributed by atoms with van der Waals surface area (Å²) in [4.78, 5) is 67.2. The number of alkyl halides is 2. The summed E-state index contributed by atoms with van der Waals surface area (Å²) in [6.45, 7) is 12.5. The van der Waals surface area contributed by atoms with Gasteiger partial charge in [0, 0.05) is 113 Å². The number of anilines is 2. The number of aryl methyl sites for hydroxylation is 2. The van der Waals surface area contributed by atoms with Crippen LogP contribution in [-0.2, 0) is 38.5 Å². The van der Waals surface area contributed by atoms with Crippen LogP contribution in [0, 0.1) is 12.8 Å². The van der Waals surface area contributed by atoms with Crippen molar-refractivity contribution < 1.29 is 47.1 Å². The number of nitrogens with one attached hydrogen (secondary N) is 1. The number of hydrogen-bond acceptors (Lipinski definition) is 13. The van der Waals surface area contributed by atoms with Crippen molar-refractivity contribution in [3.63, 3.8) is 0 Å². The average Bonchev–Trinajstić information content (AvgIpc) is 4.22. The van der Waals surface area contributed by atoms with Gasteiger partial charge >= 0.3 is 0 Å². The highest BCUT2D eigenvalue weighted by Gasteiger charge is 2.44. The van der Waals surface area contributed by atoms with Gasteiger partial charge in [-0.05, 0) is 79.4 Å². The summed E-state index contributed by atoms with van der Waals surface area (Å²) < 4.78 is 50.0. The van der Waals surface area contributed by atoms with Gasteiger partial charge in [0.05, 0.1) is 40.8 Å². The zero-order valence-electron chi connectivity index (χ0n) is 42.6. The van der Waals surface area contributed by atoms with Crippen molar-refractivity contribution in [2.24, 2.45) is 5.92 Å². The first-order valence-corrected chi connectivity index (χ1v) is 26.9. The maximum absolute atomic E-state index is 15.1. The zero-order chi connectivity index (χ0) is 51.9. The summed E-state index contributed by atoms with van der Waals surface area (Å²) in [6, 6.07) is 11.5. The summed E-state index contributed by atoms with van der Waals surface area (Å²) in [6.07, 6.45) is 0.337. The Bertz CT molecular complexity index is 2870. The van der Waals surface area contributed by atoms with Crippen molar-refractivity contribution in [1.29, 1.82) is 0 Å². The predicted octanol–water partition coefficient (Wildman–Crippen LogP) is 7.84. The van der Waals surface area contributed by atoms with Crippen LogP contribution in [0.1, 0.15) is 140 Å². The van der Waals surface area contributed by atoms with Crippen molar-refractivity contribution in [1.82, 2.24) is 39.9 Å². The molecule has 5 aliphatic rings. The highest BCUT2D eigenvalue weighted by atomic mass is 32.1. The molecule has 8 heterocycles. The van der Waals surface area contributed by atoms with E-state index in [0.717, 1.165) is 57.8 Å². The first kappa shape index (κ1) is 51.2. The number of likely N-dealkylation sites (tertiary alicyclic amines) is 2. The minimum atomic E-state index is -2.91. The minimum Gasteiger partial charge on any atom is -0.472 e. The standard InChI is InChI=1S/C54H65F2N9O8S/c1-30(2)48(54(70)64-27-38(67)24-45(64)52(68)58-31(3)34-8-10-35(11-9-34)49-32(4)57-29-74-49)46-26-47(60-73-46)72-39-12-18-61(19-13-39)53(69)41-23-36-7-6-17-63(44(36)25-40(41)50(55)56)51-42-28-62(33(5)66)20-14-43(42)65(59-51)37-15-21-71-22-16-37/h8-11,23,25-26,29-31,37-39,45,48,50,67H,6-7,12-22,24,27-28H2,1-5H3,(H,58,68)/t31-,38+,45-,48+/m0/s1. The fraction of sp³-hybridized carbons (Fsp3) is 0.537. The van der Waals surface area contributed by atoms with Crippen LogP contribution in [0.2, 0.25) is 0 Å². The Kier molecular flexibility index (Phi) is 14.9. The number of amides is 4. The van der Waals surface area contributed by atoms with Crippen LogP contribution in [0.15, 0.2) is 52.5 Å². The molecule has 17 nitrogen and oxygen atoms in total. The van der Waals surface area contributed by atoms with E-state index in [1.165, 1.54) is 11.0 Å². The van der Waals surface area contributed by atoms with E-state index in [-0.39, 0.29) is 90.6 Å². The minimum absolute atomic E-state index is 0.0119. The Morgan fingerprint density at radius 3 is 2.39 bits per heavy atom. The summed E-state index contributed by atoms with van der Waals surface area (Å²) in [5.74, 6) is -1.23. The second-order valence-corrected chi connectivity index (χ2v) is 21.6. The number of aliphatic hydroxyl groups is 1. The molecule has 4 atom stereocenters. The van der Waals surface area contributed by atoms with Crippen LogP contribution in [0.25, 0.3) is 10.4 Å². The molecule has 0 unspecified atom stereocenters. The number of carbonyl (C=O) groups excluding carboxylic acids is 4. The Hall–Kier alpha value is -6.25. The number of aromatic nitrogens is 4. The van der Waals surface area contributed by atoms with Gasteiger partial charge in [-0.3, -0.25) is 23.9 Å². The molecule has 0 aliphatic carbocycles. The van der Waals surface area contributed by atoms with Gasteiger partial charge in [-0.2, -0.15) is 5.10 Å². The molecule has 0 radical (unpaired) electrons. The highest BCUT2D eigenvalue weighted by Crippen LogP contribution is 2.43. The van der Waals surface area contributed by atoms with Crippen molar-refractivity contribution >= 4 is 46.5 Å². The van der Waals surface area contributed by atoms with Crippen LogP contribution >= 0.6 is 11.3 Å². The van der Waals surface area contributed by atoms with E-state index in [1.54, 1.807) is 40.2 Å². The van der Waals surface area contributed by atoms with Gasteiger partial charge < -0.3 is 44.0 Å². The van der Waals surface area contributed by atoms with E-state index in [4.69, 9.17) is 19.1 Å². The topological polar surface area (TPSA) is 189 Å². The van der Waals surface area contributed by atoms with E-state index in [2.05, 4.69) is 20.1 Å². The largest absolute Gasteiger partial charge is 0.472 e. The normalized spacial score (nSPS) is 20.5. The predicted molar refractivity (Wildman–Crippen MR) is 271 cm³/mol. The quantitative estimate of drug-likeness (QED) is 0.116. The van der Waals surface area contributed by atoms with E-state index < -0.39 is 30.4 Å². The molecule has 2 aromatic carbocycles. The molecular weight excluding hydrogens is 973 g/mol. The van der Waals surface area contributed by atoms with Gasteiger partial charge in [0.15, 0.2) is 11.6 Å². The molecule has 5 aliphatic heterocycles. The van der Waals surface area contributed by atoms with Gasteiger partial charge in [-0.1, -0.05) is 38.1 Å². The molecule has 0 spiro atoms. The smallest absolute Gasteiger partial charge is 0.264 e. The number of piperidine rings is 1. The molecule has 3 aromatic heterocycles. The molecule has 20 heteroatoms. The van der Waals surface area contributed by atoms with Crippen LogP contribution in [0.5, 0.6) is 5.88 Å². The van der Waals surface area contributed by atoms with Crippen molar-refractivity contribution in [2.45, 2.75) is 135 Å². The molecule has 394 valence electrons. The lowest BCUT2D eigenvalue weighted by Gasteiger charge is -2.34. The Labute approximate surface area is 433 Å². The van der Waals surface area contributed by atoms with Crippen LogP contribution in [-0.4, -0.2) is 128 Å². The molecule has 74 heavy (non-hydrogen) atoms. The lowest BCUT2D eigenvalue weighted by molar-refractivity contribution is -0.141. The number of hydrogen-bond donors (Lipinski definition) is 2. The maximum Gasteiger partial charge on any atom is 0.264 e. The third-order valence-corrected chi connectivity index (χ3v) is 16.5. The summed E-state index contributed by atoms with van der Waals surface area (Å²) in [5.41, 5.74) is 7.77. The van der Waals surface area contributed by atoms with Crippen LogP contribution in [0.3, 0.4) is 0 Å². The molecule has 2 N–H and O–H groups in total. The lowest BCUT2D eigenvalue weighted by atomic mass is 9.91. The van der Waals surface area contributed by atoms with Crippen molar-refractivity contribution in [2.75, 3.05) is 50.8 Å². The number of thiazole rings is 1. The Morgan fingerprint density at radius 1 is 0.946 bits per heavy atom.